The van der Waals surface area contributed by atoms with Gasteiger partial charge in [0.05, 0.1) is 27.6 Å². The summed E-state index contributed by atoms with van der Waals surface area (Å²) in [7, 11) is 1.37. The molecule has 5 amide bonds. The summed E-state index contributed by atoms with van der Waals surface area (Å²) in [5.74, 6) is 6.15. The molecule has 14 heteroatoms. The highest BCUT2D eigenvalue weighted by molar-refractivity contribution is 7.15. The van der Waals surface area contributed by atoms with E-state index in [1.807, 2.05) is 41.4 Å². The Kier molecular flexibility index (Phi) is 13.7. The third kappa shape index (κ3) is 10.3. The van der Waals surface area contributed by atoms with Crippen molar-refractivity contribution in [2.45, 2.75) is 104 Å². The summed E-state index contributed by atoms with van der Waals surface area (Å²) in [5.41, 5.74) is 9.32. The summed E-state index contributed by atoms with van der Waals surface area (Å²) in [4.78, 5) is 78.5. The highest BCUT2D eigenvalue weighted by atomic mass is 32.1. The van der Waals surface area contributed by atoms with E-state index in [2.05, 4.69) is 37.6 Å². The number of hydrogen-bond acceptors (Lipinski definition) is 11. The van der Waals surface area contributed by atoms with Gasteiger partial charge in [-0.25, -0.2) is 9.97 Å². The summed E-state index contributed by atoms with van der Waals surface area (Å²) in [6.45, 7) is 8.39. The van der Waals surface area contributed by atoms with Crippen LogP contribution in [0.15, 0.2) is 60.9 Å². The first-order valence-electron chi connectivity index (χ1n) is 21.5. The van der Waals surface area contributed by atoms with Crippen LogP contribution in [0.4, 0.5) is 5.82 Å². The van der Waals surface area contributed by atoms with Crippen LogP contribution in [0.3, 0.4) is 0 Å². The Hall–Kier alpha value is -6.07. The summed E-state index contributed by atoms with van der Waals surface area (Å²) in [5, 5.41) is 1.06. The summed E-state index contributed by atoms with van der Waals surface area (Å²) in [6.07, 6.45) is 10.4. The van der Waals surface area contributed by atoms with Gasteiger partial charge in [0.25, 0.3) is 17.7 Å². The molecule has 2 N–H and O–H groups in total. The predicted octanol–water partition coefficient (Wildman–Crippen LogP) is 7.63. The molecular weight excluding hydrogens is 805 g/mol. The molecule has 2 fully saturated rings. The van der Waals surface area contributed by atoms with Crippen LogP contribution in [-0.4, -0.2) is 87.0 Å². The molecule has 0 saturated carbocycles. The van der Waals surface area contributed by atoms with E-state index in [0.717, 1.165) is 81.3 Å². The molecule has 5 heterocycles. The summed E-state index contributed by atoms with van der Waals surface area (Å²) >= 11 is 1.65. The number of rotatable bonds is 15. The number of thiazole rings is 1. The van der Waals surface area contributed by atoms with Gasteiger partial charge in [0.1, 0.15) is 18.4 Å². The van der Waals surface area contributed by atoms with Gasteiger partial charge in [0, 0.05) is 67.8 Å². The molecule has 3 aliphatic rings. The highest BCUT2D eigenvalue weighted by Gasteiger charge is 2.47. The first-order chi connectivity index (χ1) is 29.8. The van der Waals surface area contributed by atoms with Gasteiger partial charge in [-0.3, -0.25) is 33.8 Å². The number of nitrogen functional groups attached to an aromatic ring is 1. The van der Waals surface area contributed by atoms with Crippen LogP contribution in [0.1, 0.15) is 128 Å². The van der Waals surface area contributed by atoms with E-state index in [1.54, 1.807) is 35.7 Å². The van der Waals surface area contributed by atoms with Gasteiger partial charge in [-0.05, 0) is 88.8 Å². The number of ether oxygens (including phenoxy) is 2. The zero-order valence-electron chi connectivity index (χ0n) is 35.9. The molecule has 1 atom stereocenters. The SMILES string of the molecule is CN1C(=O)CCC(N2C(=O)c3cccc(OCCCCCCCC(=O)N4CCC(c5ncc(-c6cnc(N)c(OCc7cccc(C#CC(C)(C)C)c7)c6)s5)CC4)c3C2=O)C1=O. The second-order valence-electron chi connectivity index (χ2n) is 17.2. The molecule has 0 aliphatic carbocycles. The number of anilines is 1. The number of piperidine rings is 2. The van der Waals surface area contributed by atoms with Crippen molar-refractivity contribution in [3.05, 3.63) is 88.2 Å². The topological polar surface area (TPSA) is 165 Å². The monoisotopic (exact) mass is 858 g/mol. The molecule has 0 radical (unpaired) electrons. The zero-order chi connectivity index (χ0) is 44.0. The normalized spacial score (nSPS) is 17.0. The minimum absolute atomic E-state index is 0.0800. The number of carbonyl (C=O) groups is 5. The number of likely N-dealkylation sites (N-methyl/N-ethyl adjacent to an activating group) is 1. The van der Waals surface area contributed by atoms with Crippen LogP contribution < -0.4 is 15.2 Å². The Bertz CT molecular complexity index is 2400. The quantitative estimate of drug-likeness (QED) is 0.0714. The minimum atomic E-state index is -1.01. The van der Waals surface area contributed by atoms with Gasteiger partial charge < -0.3 is 20.1 Å². The van der Waals surface area contributed by atoms with Crippen molar-refractivity contribution in [3.8, 4) is 33.8 Å². The molecule has 0 bridgehead atoms. The Labute approximate surface area is 367 Å². The lowest BCUT2D eigenvalue weighted by Crippen LogP contribution is -2.54. The van der Waals surface area contributed by atoms with Crippen LogP contribution in [0.2, 0.25) is 0 Å². The number of imide groups is 2. The molecule has 0 spiro atoms. The van der Waals surface area contributed by atoms with Gasteiger partial charge >= 0.3 is 0 Å². The zero-order valence-corrected chi connectivity index (χ0v) is 36.7. The van der Waals surface area contributed by atoms with Gasteiger partial charge in [0.15, 0.2) is 11.6 Å². The Morgan fingerprint density at radius 2 is 1.65 bits per heavy atom. The second kappa shape index (κ2) is 19.3. The van der Waals surface area contributed by atoms with Crippen LogP contribution >= 0.6 is 11.3 Å². The molecule has 13 nitrogen and oxygen atoms in total. The van der Waals surface area contributed by atoms with Crippen molar-refractivity contribution in [2.75, 3.05) is 32.5 Å². The van der Waals surface area contributed by atoms with E-state index in [0.29, 0.717) is 50.0 Å². The van der Waals surface area contributed by atoms with Crippen molar-refractivity contribution in [2.24, 2.45) is 5.41 Å². The van der Waals surface area contributed by atoms with E-state index < -0.39 is 23.8 Å². The molecule has 2 aromatic heterocycles. The maximum Gasteiger partial charge on any atom is 0.266 e. The van der Waals surface area contributed by atoms with Crippen LogP contribution in [0.25, 0.3) is 10.4 Å². The Morgan fingerprint density at radius 1 is 0.887 bits per heavy atom. The molecule has 62 heavy (non-hydrogen) atoms. The number of nitrogens with zero attached hydrogens (tertiary/aromatic N) is 5. The molecule has 2 saturated heterocycles. The molecule has 1 unspecified atom stereocenters. The fourth-order valence-electron chi connectivity index (χ4n) is 7.91. The van der Waals surface area contributed by atoms with Gasteiger partial charge in [-0.15, -0.1) is 11.3 Å². The number of pyridine rings is 1. The third-order valence-corrected chi connectivity index (χ3v) is 12.6. The first-order valence-corrected chi connectivity index (χ1v) is 22.3. The second-order valence-corrected chi connectivity index (χ2v) is 18.2. The predicted molar refractivity (Wildman–Crippen MR) is 236 cm³/mol. The fourth-order valence-corrected chi connectivity index (χ4v) is 8.98. The average molecular weight is 859 g/mol. The third-order valence-electron chi connectivity index (χ3n) is 11.4. The number of carbonyl (C=O) groups excluding carboxylic acids is 5. The van der Waals surface area contributed by atoms with Crippen molar-refractivity contribution >= 4 is 46.7 Å². The number of hydrogen-bond donors (Lipinski definition) is 1. The lowest BCUT2D eigenvalue weighted by atomic mass is 9.97. The number of likely N-dealkylation sites (tertiary alicyclic amines) is 2. The number of amides is 5. The van der Waals surface area contributed by atoms with Crippen molar-refractivity contribution in [3.63, 3.8) is 0 Å². The molecule has 2 aromatic carbocycles. The van der Waals surface area contributed by atoms with Crippen molar-refractivity contribution < 1.29 is 33.4 Å². The Morgan fingerprint density at radius 3 is 2.44 bits per heavy atom. The lowest BCUT2D eigenvalue weighted by molar-refractivity contribution is -0.149. The number of unbranched alkanes of at least 4 members (excludes halogenated alkanes) is 4. The van der Waals surface area contributed by atoms with Gasteiger partial charge in [-0.2, -0.15) is 0 Å². The maximum atomic E-state index is 13.4. The molecule has 3 aliphatic heterocycles. The number of aromatic nitrogens is 2. The summed E-state index contributed by atoms with van der Waals surface area (Å²) in [6, 6.07) is 13.8. The highest BCUT2D eigenvalue weighted by Crippen LogP contribution is 2.37. The van der Waals surface area contributed by atoms with E-state index in [1.165, 1.54) is 7.05 Å². The smallest absolute Gasteiger partial charge is 0.266 e. The largest absolute Gasteiger partial charge is 0.493 e. The van der Waals surface area contributed by atoms with E-state index in [4.69, 9.17) is 20.2 Å². The van der Waals surface area contributed by atoms with Crippen LogP contribution in [0.5, 0.6) is 11.5 Å². The van der Waals surface area contributed by atoms with Crippen molar-refractivity contribution in [1.29, 1.82) is 0 Å². The standard InChI is InChI=1S/C48H54N6O7S/c1-48(2,3)22-19-31-12-10-13-32(26-31)30-61-38-27-34(28-50-43(38)49)39-29-51-44(62-39)33-20-23-53(24-21-33)41(56)16-8-6-5-7-9-25-60-37-15-11-14-35-42(37)47(59)54(45(35)57)36-17-18-40(55)52(4)46(36)58/h10-15,26-29,33,36H,5-9,16-18,20-21,23-25,30H2,1-4H3,(H2,49,50). The van der Waals surface area contributed by atoms with E-state index >= 15 is 0 Å². The van der Waals surface area contributed by atoms with Crippen LogP contribution in [-0.2, 0) is 21.0 Å². The Balaban J connectivity index is 0.802. The lowest BCUT2D eigenvalue weighted by Gasteiger charge is -2.32. The summed E-state index contributed by atoms with van der Waals surface area (Å²) < 4.78 is 12.1. The van der Waals surface area contributed by atoms with Gasteiger partial charge in [-0.1, -0.05) is 49.3 Å². The molecule has 7 rings (SSSR count). The van der Waals surface area contributed by atoms with Gasteiger partial charge in [0.2, 0.25) is 11.8 Å². The molecule has 4 aromatic rings. The number of nitrogens with two attached hydrogens (primary N) is 1. The molecule has 324 valence electrons. The number of benzene rings is 2. The fraction of sp³-hybridized carbons (Fsp3) is 0.438. The average Bonchev–Trinajstić information content (AvgIpc) is 3.85. The minimum Gasteiger partial charge on any atom is -0.493 e. The van der Waals surface area contributed by atoms with E-state index in [9.17, 15) is 24.0 Å². The first kappa shape index (κ1) is 44.0. The number of fused-ring (bicyclic) bond motifs is 1. The van der Waals surface area contributed by atoms with Crippen LogP contribution in [0, 0.1) is 17.3 Å². The molecular formula is C48H54N6O7S. The van der Waals surface area contributed by atoms with E-state index in [-0.39, 0.29) is 47.1 Å². The van der Waals surface area contributed by atoms with Crippen molar-refractivity contribution in [1.82, 2.24) is 24.7 Å². The maximum absolute atomic E-state index is 13.4.